The molecule has 3 aromatic rings. The van der Waals surface area contributed by atoms with Crippen LogP contribution in [0.25, 0.3) is 11.1 Å². The van der Waals surface area contributed by atoms with Crippen LogP contribution in [0.4, 0.5) is 11.4 Å². The number of nitrogens with one attached hydrogen (secondary N) is 1. The third-order valence-corrected chi connectivity index (χ3v) is 4.66. The van der Waals surface area contributed by atoms with E-state index in [1.807, 2.05) is 6.07 Å². The van der Waals surface area contributed by atoms with E-state index in [0.29, 0.717) is 0 Å². The fourth-order valence-corrected chi connectivity index (χ4v) is 3.54. The standard InChI is InChI=1S/C21H19N/c1-21(2)17-12-7-6-11-16(17)20-18(21)13-8-14-19(20)22-15-9-4-3-5-10-15/h3-14,22H,1-2H3. The first kappa shape index (κ1) is 13.1. The highest BCUT2D eigenvalue weighted by Crippen LogP contribution is 2.51. The summed E-state index contributed by atoms with van der Waals surface area (Å²) >= 11 is 0. The van der Waals surface area contributed by atoms with Crippen molar-refractivity contribution in [1.82, 2.24) is 0 Å². The van der Waals surface area contributed by atoms with Crippen LogP contribution in [-0.4, -0.2) is 0 Å². The van der Waals surface area contributed by atoms with E-state index in [9.17, 15) is 0 Å². The topological polar surface area (TPSA) is 12.0 Å². The Balaban J connectivity index is 1.91. The summed E-state index contributed by atoms with van der Waals surface area (Å²) in [5, 5.41) is 3.58. The van der Waals surface area contributed by atoms with Gasteiger partial charge in [0, 0.05) is 22.4 Å². The van der Waals surface area contributed by atoms with Crippen LogP contribution in [0.15, 0.2) is 72.8 Å². The lowest BCUT2D eigenvalue weighted by Gasteiger charge is -2.21. The van der Waals surface area contributed by atoms with Gasteiger partial charge >= 0.3 is 0 Å². The second-order valence-electron chi connectivity index (χ2n) is 6.39. The summed E-state index contributed by atoms with van der Waals surface area (Å²) in [6.07, 6.45) is 0. The van der Waals surface area contributed by atoms with Gasteiger partial charge in [0.05, 0.1) is 0 Å². The zero-order chi connectivity index (χ0) is 15.2. The average molecular weight is 285 g/mol. The number of hydrogen-bond donors (Lipinski definition) is 1. The van der Waals surface area contributed by atoms with Crippen LogP contribution < -0.4 is 5.32 Å². The number of fused-ring (bicyclic) bond motifs is 3. The number of anilines is 2. The Bertz CT molecular complexity index is 832. The minimum atomic E-state index is 0.0559. The normalized spacial score (nSPS) is 14.3. The van der Waals surface area contributed by atoms with Gasteiger partial charge in [0.2, 0.25) is 0 Å². The predicted molar refractivity (Wildman–Crippen MR) is 93.7 cm³/mol. The van der Waals surface area contributed by atoms with Crippen molar-refractivity contribution >= 4 is 11.4 Å². The Kier molecular flexibility index (Phi) is 2.83. The number of para-hydroxylation sites is 1. The monoisotopic (exact) mass is 285 g/mol. The van der Waals surface area contributed by atoms with Crippen LogP contribution in [0, 0.1) is 0 Å². The summed E-state index contributed by atoms with van der Waals surface area (Å²) in [4.78, 5) is 0. The molecule has 0 saturated heterocycles. The molecule has 1 nitrogen and oxygen atoms in total. The van der Waals surface area contributed by atoms with E-state index in [-0.39, 0.29) is 5.41 Å². The molecule has 0 heterocycles. The van der Waals surface area contributed by atoms with Crippen molar-refractivity contribution in [3.05, 3.63) is 83.9 Å². The van der Waals surface area contributed by atoms with Crippen molar-refractivity contribution in [1.29, 1.82) is 0 Å². The highest BCUT2D eigenvalue weighted by molar-refractivity contribution is 5.91. The van der Waals surface area contributed by atoms with Crippen molar-refractivity contribution < 1.29 is 0 Å². The summed E-state index contributed by atoms with van der Waals surface area (Å²) in [5.41, 5.74) is 7.86. The van der Waals surface area contributed by atoms with Gasteiger partial charge in [-0.3, -0.25) is 0 Å². The average Bonchev–Trinajstić information content (AvgIpc) is 2.78. The van der Waals surface area contributed by atoms with Crippen molar-refractivity contribution in [3.63, 3.8) is 0 Å². The highest BCUT2D eigenvalue weighted by Gasteiger charge is 2.36. The van der Waals surface area contributed by atoms with E-state index in [1.54, 1.807) is 0 Å². The maximum Gasteiger partial charge on any atom is 0.0467 e. The van der Waals surface area contributed by atoms with E-state index in [4.69, 9.17) is 0 Å². The lowest BCUT2D eigenvalue weighted by molar-refractivity contribution is 0.660. The van der Waals surface area contributed by atoms with Gasteiger partial charge in [-0.15, -0.1) is 0 Å². The number of hydrogen-bond acceptors (Lipinski definition) is 1. The Morgan fingerprint density at radius 1 is 0.682 bits per heavy atom. The Hall–Kier alpha value is -2.54. The van der Waals surface area contributed by atoms with Gasteiger partial charge in [0.15, 0.2) is 0 Å². The summed E-state index contributed by atoms with van der Waals surface area (Å²) < 4.78 is 0. The van der Waals surface area contributed by atoms with Crippen molar-refractivity contribution in [3.8, 4) is 11.1 Å². The Morgan fingerprint density at radius 3 is 2.18 bits per heavy atom. The molecule has 0 unspecified atom stereocenters. The van der Waals surface area contributed by atoms with E-state index in [1.165, 1.54) is 27.9 Å². The molecule has 0 aromatic heterocycles. The Morgan fingerprint density at radius 2 is 1.36 bits per heavy atom. The molecule has 1 N–H and O–H groups in total. The van der Waals surface area contributed by atoms with E-state index in [2.05, 4.69) is 85.9 Å². The fraction of sp³-hybridized carbons (Fsp3) is 0.143. The molecule has 0 bridgehead atoms. The maximum absolute atomic E-state index is 3.58. The molecular weight excluding hydrogens is 266 g/mol. The molecule has 1 aliphatic rings. The van der Waals surface area contributed by atoms with Crippen molar-refractivity contribution in [2.24, 2.45) is 0 Å². The van der Waals surface area contributed by atoms with Gasteiger partial charge in [-0.25, -0.2) is 0 Å². The van der Waals surface area contributed by atoms with Crippen molar-refractivity contribution in [2.45, 2.75) is 19.3 Å². The van der Waals surface area contributed by atoms with E-state index >= 15 is 0 Å². The first-order chi connectivity index (χ1) is 10.7. The molecule has 1 heteroatoms. The molecule has 22 heavy (non-hydrogen) atoms. The smallest absolute Gasteiger partial charge is 0.0467 e. The zero-order valence-corrected chi connectivity index (χ0v) is 12.9. The zero-order valence-electron chi connectivity index (χ0n) is 12.9. The second-order valence-corrected chi connectivity index (χ2v) is 6.39. The molecule has 108 valence electrons. The molecule has 0 saturated carbocycles. The van der Waals surface area contributed by atoms with Crippen LogP contribution in [0.1, 0.15) is 25.0 Å². The third kappa shape index (κ3) is 1.86. The molecule has 3 aromatic carbocycles. The molecular formula is C21H19N. The summed E-state index contributed by atoms with van der Waals surface area (Å²) in [6.45, 7) is 4.62. The van der Waals surface area contributed by atoms with Crippen LogP contribution in [0.2, 0.25) is 0 Å². The second kappa shape index (κ2) is 4.74. The van der Waals surface area contributed by atoms with Crippen LogP contribution in [0.5, 0.6) is 0 Å². The van der Waals surface area contributed by atoms with Crippen LogP contribution in [0.3, 0.4) is 0 Å². The number of rotatable bonds is 2. The highest BCUT2D eigenvalue weighted by atomic mass is 14.9. The quantitative estimate of drug-likeness (QED) is 0.633. The minimum Gasteiger partial charge on any atom is -0.355 e. The lowest BCUT2D eigenvalue weighted by Crippen LogP contribution is -2.14. The maximum atomic E-state index is 3.58. The summed E-state index contributed by atoms with van der Waals surface area (Å²) in [7, 11) is 0. The first-order valence-electron chi connectivity index (χ1n) is 7.73. The van der Waals surface area contributed by atoms with Gasteiger partial charge < -0.3 is 5.32 Å². The largest absolute Gasteiger partial charge is 0.355 e. The van der Waals surface area contributed by atoms with Gasteiger partial charge in [-0.1, -0.05) is 68.4 Å². The van der Waals surface area contributed by atoms with Crippen LogP contribution >= 0.6 is 0 Å². The summed E-state index contributed by atoms with van der Waals surface area (Å²) in [5.74, 6) is 0. The molecule has 0 fully saturated rings. The van der Waals surface area contributed by atoms with Gasteiger partial charge in [-0.05, 0) is 34.9 Å². The molecule has 0 atom stereocenters. The molecule has 0 amide bonds. The fourth-order valence-electron chi connectivity index (χ4n) is 3.54. The molecule has 0 aliphatic heterocycles. The Labute approximate surface area is 131 Å². The van der Waals surface area contributed by atoms with Gasteiger partial charge in [0.1, 0.15) is 0 Å². The van der Waals surface area contributed by atoms with Gasteiger partial charge in [-0.2, -0.15) is 0 Å². The first-order valence-corrected chi connectivity index (χ1v) is 7.73. The van der Waals surface area contributed by atoms with E-state index in [0.717, 1.165) is 5.69 Å². The SMILES string of the molecule is CC1(C)c2ccccc2-c2c(Nc3ccccc3)cccc21. The molecule has 0 radical (unpaired) electrons. The predicted octanol–water partition coefficient (Wildman–Crippen LogP) is 5.74. The number of benzene rings is 3. The molecule has 0 spiro atoms. The van der Waals surface area contributed by atoms with Crippen molar-refractivity contribution in [2.75, 3.05) is 5.32 Å². The molecule has 1 aliphatic carbocycles. The minimum absolute atomic E-state index is 0.0559. The lowest BCUT2D eigenvalue weighted by atomic mass is 9.82. The summed E-state index contributed by atoms with van der Waals surface area (Å²) in [6, 6.07) is 25.7. The molecule has 4 rings (SSSR count). The van der Waals surface area contributed by atoms with Gasteiger partial charge in [0.25, 0.3) is 0 Å². The third-order valence-electron chi connectivity index (χ3n) is 4.66. The van der Waals surface area contributed by atoms with Crippen LogP contribution in [-0.2, 0) is 5.41 Å². The van der Waals surface area contributed by atoms with E-state index < -0.39 is 0 Å².